The molecule has 1 atom stereocenters. The summed E-state index contributed by atoms with van der Waals surface area (Å²) in [6, 6.07) is 2.40. The van der Waals surface area contributed by atoms with Crippen molar-refractivity contribution in [1.29, 1.82) is 0 Å². The molecule has 3 nitrogen and oxygen atoms in total. The highest BCUT2D eigenvalue weighted by Gasteiger charge is 2.23. The van der Waals surface area contributed by atoms with Gasteiger partial charge in [-0.15, -0.1) is 5.10 Å². The number of rotatable bonds is 3. The number of hydrogen-bond donors (Lipinski definition) is 0. The van der Waals surface area contributed by atoms with Crippen LogP contribution in [0.25, 0.3) is 0 Å². The van der Waals surface area contributed by atoms with Crippen molar-refractivity contribution in [2.45, 2.75) is 32.2 Å². The maximum atomic E-state index is 5.92. The van der Waals surface area contributed by atoms with Crippen molar-refractivity contribution in [3.05, 3.63) is 21.9 Å². The SMILES string of the molecule is CCN1CCCC1Cc1cc(Cl)c(Cl)nn1. The van der Waals surface area contributed by atoms with Crippen LogP contribution in [0.5, 0.6) is 0 Å². The first-order valence-electron chi connectivity index (χ1n) is 5.62. The minimum Gasteiger partial charge on any atom is -0.300 e. The quantitative estimate of drug-likeness (QED) is 0.836. The Morgan fingerprint density at radius 3 is 2.94 bits per heavy atom. The van der Waals surface area contributed by atoms with Crippen LogP contribution in [-0.2, 0) is 6.42 Å². The highest BCUT2D eigenvalue weighted by Crippen LogP contribution is 2.23. The van der Waals surface area contributed by atoms with Crippen molar-refractivity contribution in [3.8, 4) is 0 Å². The monoisotopic (exact) mass is 259 g/mol. The molecule has 88 valence electrons. The number of aromatic nitrogens is 2. The second kappa shape index (κ2) is 5.30. The predicted molar refractivity (Wildman–Crippen MR) is 66.0 cm³/mol. The second-order valence-electron chi connectivity index (χ2n) is 4.10. The summed E-state index contributed by atoms with van der Waals surface area (Å²) in [5.74, 6) is 0. The van der Waals surface area contributed by atoms with Crippen molar-refractivity contribution in [1.82, 2.24) is 15.1 Å². The molecule has 1 aliphatic heterocycles. The van der Waals surface area contributed by atoms with Crippen LogP contribution < -0.4 is 0 Å². The van der Waals surface area contributed by atoms with E-state index in [1.807, 2.05) is 6.07 Å². The van der Waals surface area contributed by atoms with Crippen molar-refractivity contribution >= 4 is 23.2 Å². The van der Waals surface area contributed by atoms with Gasteiger partial charge in [-0.25, -0.2) is 0 Å². The van der Waals surface area contributed by atoms with E-state index in [0.29, 0.717) is 11.1 Å². The fourth-order valence-corrected chi connectivity index (χ4v) is 2.53. The number of hydrogen-bond acceptors (Lipinski definition) is 3. The summed E-state index contributed by atoms with van der Waals surface area (Å²) >= 11 is 11.7. The lowest BCUT2D eigenvalue weighted by Crippen LogP contribution is -2.31. The third-order valence-electron chi connectivity index (χ3n) is 3.11. The molecular formula is C11H15Cl2N3. The zero-order valence-corrected chi connectivity index (χ0v) is 10.8. The van der Waals surface area contributed by atoms with E-state index in [9.17, 15) is 0 Å². The van der Waals surface area contributed by atoms with Crippen molar-refractivity contribution in [2.75, 3.05) is 13.1 Å². The Morgan fingerprint density at radius 2 is 2.25 bits per heavy atom. The molecule has 1 aromatic rings. The summed E-state index contributed by atoms with van der Waals surface area (Å²) < 4.78 is 0. The first kappa shape index (κ1) is 12.1. The third kappa shape index (κ3) is 2.65. The van der Waals surface area contributed by atoms with Gasteiger partial charge < -0.3 is 4.90 Å². The molecule has 0 aromatic carbocycles. The number of halogens is 2. The number of likely N-dealkylation sites (tertiary alicyclic amines) is 1. The van der Waals surface area contributed by atoms with Gasteiger partial charge in [-0.1, -0.05) is 30.1 Å². The number of nitrogens with zero attached hydrogens (tertiary/aromatic N) is 3. The Kier molecular flexibility index (Phi) is 4.00. The van der Waals surface area contributed by atoms with Crippen molar-refractivity contribution in [3.63, 3.8) is 0 Å². The van der Waals surface area contributed by atoms with Crippen LogP contribution in [0.3, 0.4) is 0 Å². The maximum Gasteiger partial charge on any atom is 0.170 e. The summed E-state index contributed by atoms with van der Waals surface area (Å²) in [6.45, 7) is 4.48. The lowest BCUT2D eigenvalue weighted by molar-refractivity contribution is 0.264. The minimum atomic E-state index is 0.282. The Labute approximate surface area is 106 Å². The van der Waals surface area contributed by atoms with E-state index in [1.165, 1.54) is 19.4 Å². The Bertz CT molecular complexity index is 370. The summed E-state index contributed by atoms with van der Waals surface area (Å²) in [5.41, 5.74) is 0.930. The Morgan fingerprint density at radius 1 is 1.44 bits per heavy atom. The summed E-state index contributed by atoms with van der Waals surface area (Å²) in [6.07, 6.45) is 3.42. The molecule has 1 aliphatic rings. The lowest BCUT2D eigenvalue weighted by atomic mass is 10.1. The molecule has 0 spiro atoms. The molecule has 0 aliphatic carbocycles. The molecular weight excluding hydrogens is 245 g/mol. The molecule has 0 N–H and O–H groups in total. The molecule has 0 radical (unpaired) electrons. The number of likely N-dealkylation sites (N-methyl/N-ethyl adjacent to an activating group) is 1. The molecule has 0 saturated carbocycles. The average molecular weight is 260 g/mol. The molecule has 2 rings (SSSR count). The fourth-order valence-electron chi connectivity index (χ4n) is 2.27. The first-order valence-corrected chi connectivity index (χ1v) is 6.38. The predicted octanol–water partition coefficient (Wildman–Crippen LogP) is 2.81. The molecule has 16 heavy (non-hydrogen) atoms. The van der Waals surface area contributed by atoms with Gasteiger partial charge in [-0.3, -0.25) is 0 Å². The highest BCUT2D eigenvalue weighted by atomic mass is 35.5. The molecule has 1 aromatic heterocycles. The molecule has 1 unspecified atom stereocenters. The third-order valence-corrected chi connectivity index (χ3v) is 3.77. The van der Waals surface area contributed by atoms with Gasteiger partial charge in [-0.2, -0.15) is 5.10 Å². The molecule has 0 amide bonds. The van der Waals surface area contributed by atoms with Gasteiger partial charge in [-0.05, 0) is 32.0 Å². The van der Waals surface area contributed by atoms with Crippen LogP contribution in [0.15, 0.2) is 6.07 Å². The average Bonchev–Trinajstić information content (AvgIpc) is 2.71. The fraction of sp³-hybridized carbons (Fsp3) is 0.636. The van der Waals surface area contributed by atoms with Crippen molar-refractivity contribution in [2.24, 2.45) is 0 Å². The Balaban J connectivity index is 2.05. The first-order chi connectivity index (χ1) is 7.70. The summed E-state index contributed by atoms with van der Waals surface area (Å²) in [7, 11) is 0. The van der Waals surface area contributed by atoms with E-state index in [4.69, 9.17) is 23.2 Å². The van der Waals surface area contributed by atoms with Crippen molar-refractivity contribution < 1.29 is 0 Å². The van der Waals surface area contributed by atoms with E-state index < -0.39 is 0 Å². The van der Waals surface area contributed by atoms with E-state index in [0.717, 1.165) is 18.7 Å². The van der Waals surface area contributed by atoms with Gasteiger partial charge in [0.1, 0.15) is 0 Å². The van der Waals surface area contributed by atoms with Gasteiger partial charge in [0.05, 0.1) is 10.7 Å². The summed E-state index contributed by atoms with van der Waals surface area (Å²) in [4.78, 5) is 2.48. The zero-order valence-electron chi connectivity index (χ0n) is 9.29. The lowest BCUT2D eigenvalue weighted by Gasteiger charge is -2.22. The van der Waals surface area contributed by atoms with E-state index in [2.05, 4.69) is 22.0 Å². The molecule has 5 heteroatoms. The van der Waals surface area contributed by atoms with Crippen LogP contribution in [0.2, 0.25) is 10.2 Å². The van der Waals surface area contributed by atoms with Gasteiger partial charge in [0, 0.05) is 12.5 Å². The molecule has 1 fully saturated rings. The zero-order chi connectivity index (χ0) is 11.5. The maximum absolute atomic E-state index is 5.92. The highest BCUT2D eigenvalue weighted by molar-refractivity contribution is 6.41. The summed E-state index contributed by atoms with van der Waals surface area (Å²) in [5, 5.41) is 8.69. The minimum absolute atomic E-state index is 0.282. The van der Waals surface area contributed by atoms with E-state index in [-0.39, 0.29) is 5.15 Å². The van der Waals surface area contributed by atoms with Gasteiger partial charge in [0.15, 0.2) is 5.15 Å². The van der Waals surface area contributed by atoms with Gasteiger partial charge in [0.2, 0.25) is 0 Å². The topological polar surface area (TPSA) is 29.0 Å². The largest absolute Gasteiger partial charge is 0.300 e. The normalized spacial score (nSPS) is 21.6. The van der Waals surface area contributed by atoms with E-state index in [1.54, 1.807) is 0 Å². The van der Waals surface area contributed by atoms with Crippen LogP contribution in [0.1, 0.15) is 25.5 Å². The standard InChI is InChI=1S/C11H15Cl2N3/c1-2-16-5-3-4-9(16)6-8-7-10(12)11(13)15-14-8/h7,9H,2-6H2,1H3. The van der Waals surface area contributed by atoms with Crippen LogP contribution >= 0.6 is 23.2 Å². The Hall–Kier alpha value is -0.380. The van der Waals surface area contributed by atoms with E-state index >= 15 is 0 Å². The van der Waals surface area contributed by atoms with Crippen LogP contribution in [0.4, 0.5) is 0 Å². The molecule has 1 saturated heterocycles. The van der Waals surface area contributed by atoms with Crippen LogP contribution in [-0.4, -0.2) is 34.2 Å². The molecule has 2 heterocycles. The van der Waals surface area contributed by atoms with Crippen LogP contribution in [0, 0.1) is 0 Å². The van der Waals surface area contributed by atoms with Gasteiger partial charge in [0.25, 0.3) is 0 Å². The smallest absolute Gasteiger partial charge is 0.170 e. The van der Waals surface area contributed by atoms with Gasteiger partial charge >= 0.3 is 0 Å². The second-order valence-corrected chi connectivity index (χ2v) is 4.87. The molecule has 0 bridgehead atoms.